The summed E-state index contributed by atoms with van der Waals surface area (Å²) < 4.78 is 4.89. The molecule has 0 fully saturated rings. The van der Waals surface area contributed by atoms with Crippen LogP contribution in [0.25, 0.3) is 0 Å². The van der Waals surface area contributed by atoms with E-state index in [4.69, 9.17) is 4.74 Å². The van der Waals surface area contributed by atoms with Crippen molar-refractivity contribution in [2.75, 3.05) is 6.61 Å². The zero-order valence-corrected chi connectivity index (χ0v) is 16.3. The zero-order chi connectivity index (χ0) is 19.2. The molecular weight excluding hydrogens is 328 g/mol. The minimum atomic E-state index is -0.426. The van der Waals surface area contributed by atoms with Gasteiger partial charge in [-0.05, 0) is 44.6 Å². The van der Waals surface area contributed by atoms with Gasteiger partial charge in [-0.1, -0.05) is 50.5 Å². The number of unbranched alkanes of at least 4 members (excludes halogenated alkanes) is 3. The SMILES string of the molecule is CCCCCC(O)C=CC1=C(CC=CCCCC(=O)OCC)C(=O)CC1. The third kappa shape index (κ3) is 9.14. The molecule has 0 heterocycles. The molecule has 146 valence electrons. The Morgan fingerprint density at radius 2 is 2.00 bits per heavy atom. The molecule has 0 aliphatic heterocycles. The minimum absolute atomic E-state index is 0.153. The van der Waals surface area contributed by atoms with E-state index < -0.39 is 6.10 Å². The molecule has 0 bridgehead atoms. The molecule has 26 heavy (non-hydrogen) atoms. The average molecular weight is 363 g/mol. The third-order valence-electron chi connectivity index (χ3n) is 4.51. The fourth-order valence-electron chi connectivity index (χ4n) is 3.00. The van der Waals surface area contributed by atoms with Crippen LogP contribution in [0.2, 0.25) is 0 Å². The van der Waals surface area contributed by atoms with Crippen LogP contribution < -0.4 is 0 Å². The molecule has 1 N–H and O–H groups in total. The van der Waals surface area contributed by atoms with Crippen molar-refractivity contribution in [1.29, 1.82) is 0 Å². The molecule has 4 nitrogen and oxygen atoms in total. The lowest BCUT2D eigenvalue weighted by Gasteiger charge is -2.05. The number of aliphatic hydroxyl groups is 1. The lowest BCUT2D eigenvalue weighted by atomic mass is 10.0. The van der Waals surface area contributed by atoms with Gasteiger partial charge in [0.2, 0.25) is 0 Å². The van der Waals surface area contributed by atoms with E-state index in [1.165, 1.54) is 0 Å². The number of Topliss-reactive ketones (excluding diaryl/α,β-unsaturated/α-hetero) is 1. The van der Waals surface area contributed by atoms with Crippen LogP contribution in [0, 0.1) is 0 Å². The predicted octanol–water partition coefficient (Wildman–Crippen LogP) is 4.82. The van der Waals surface area contributed by atoms with E-state index in [0.29, 0.717) is 25.9 Å². The molecule has 0 amide bonds. The molecule has 0 saturated heterocycles. The largest absolute Gasteiger partial charge is 0.466 e. The van der Waals surface area contributed by atoms with Gasteiger partial charge in [-0.25, -0.2) is 0 Å². The van der Waals surface area contributed by atoms with Crippen molar-refractivity contribution >= 4 is 11.8 Å². The molecule has 0 spiro atoms. The molecule has 1 aliphatic rings. The number of hydrogen-bond donors (Lipinski definition) is 1. The summed E-state index contributed by atoms with van der Waals surface area (Å²) in [6.45, 7) is 4.38. The monoisotopic (exact) mass is 362 g/mol. The maximum atomic E-state index is 12.1. The fraction of sp³-hybridized carbons (Fsp3) is 0.636. The second-order valence-corrected chi connectivity index (χ2v) is 6.72. The van der Waals surface area contributed by atoms with Gasteiger partial charge < -0.3 is 9.84 Å². The second-order valence-electron chi connectivity index (χ2n) is 6.72. The van der Waals surface area contributed by atoms with Crippen LogP contribution >= 0.6 is 0 Å². The Morgan fingerprint density at radius 3 is 2.73 bits per heavy atom. The Labute approximate surface area is 158 Å². The van der Waals surface area contributed by atoms with Crippen molar-refractivity contribution in [3.8, 4) is 0 Å². The van der Waals surface area contributed by atoms with Gasteiger partial charge in [-0.2, -0.15) is 0 Å². The third-order valence-corrected chi connectivity index (χ3v) is 4.51. The first-order valence-corrected chi connectivity index (χ1v) is 10.0. The van der Waals surface area contributed by atoms with Crippen molar-refractivity contribution in [2.24, 2.45) is 0 Å². The highest BCUT2D eigenvalue weighted by atomic mass is 16.5. The quantitative estimate of drug-likeness (QED) is 0.290. The zero-order valence-electron chi connectivity index (χ0n) is 16.3. The normalized spacial score (nSPS) is 16.2. The summed E-state index contributed by atoms with van der Waals surface area (Å²) in [5.74, 6) is 0.0563. The standard InChI is InChI=1S/C22H34O4/c1-3-5-8-11-19(23)16-14-18-15-17-21(24)20(18)12-9-6-7-10-13-22(25)26-4-2/h6,9,14,16,19,23H,3-5,7-8,10-13,15,17H2,1-2H3. The minimum Gasteiger partial charge on any atom is -0.466 e. The predicted molar refractivity (Wildman–Crippen MR) is 105 cm³/mol. The van der Waals surface area contributed by atoms with E-state index in [2.05, 4.69) is 6.92 Å². The molecule has 1 atom stereocenters. The van der Waals surface area contributed by atoms with Crippen LogP contribution in [-0.4, -0.2) is 29.6 Å². The highest BCUT2D eigenvalue weighted by Gasteiger charge is 2.20. The number of ether oxygens (including phenoxy) is 1. The molecular formula is C22H34O4. The highest BCUT2D eigenvalue weighted by molar-refractivity contribution is 5.99. The average Bonchev–Trinajstić information content (AvgIpc) is 2.96. The lowest BCUT2D eigenvalue weighted by Crippen LogP contribution is -2.02. The van der Waals surface area contributed by atoms with Crippen LogP contribution in [0.4, 0.5) is 0 Å². The Kier molecular flexibility index (Phi) is 11.6. The van der Waals surface area contributed by atoms with E-state index in [1.54, 1.807) is 6.92 Å². The number of ketones is 1. The molecule has 4 heteroatoms. The molecule has 1 unspecified atom stereocenters. The van der Waals surface area contributed by atoms with Crippen molar-refractivity contribution in [3.05, 3.63) is 35.5 Å². The first kappa shape index (κ1) is 22.4. The first-order valence-electron chi connectivity index (χ1n) is 10.0. The van der Waals surface area contributed by atoms with E-state index >= 15 is 0 Å². The Balaban J connectivity index is 2.43. The van der Waals surface area contributed by atoms with Gasteiger partial charge in [-0.15, -0.1) is 0 Å². The van der Waals surface area contributed by atoms with Crippen LogP contribution in [-0.2, 0) is 14.3 Å². The maximum Gasteiger partial charge on any atom is 0.305 e. The Hall–Kier alpha value is -1.68. The molecule has 0 radical (unpaired) electrons. The topological polar surface area (TPSA) is 63.6 Å². The smallest absolute Gasteiger partial charge is 0.305 e. The summed E-state index contributed by atoms with van der Waals surface area (Å²) in [5.41, 5.74) is 1.92. The summed E-state index contributed by atoms with van der Waals surface area (Å²) >= 11 is 0. The summed E-state index contributed by atoms with van der Waals surface area (Å²) in [5, 5.41) is 10.00. The van der Waals surface area contributed by atoms with Gasteiger partial charge >= 0.3 is 5.97 Å². The van der Waals surface area contributed by atoms with E-state index in [1.807, 2.05) is 24.3 Å². The summed E-state index contributed by atoms with van der Waals surface area (Å²) in [7, 11) is 0. The van der Waals surface area contributed by atoms with Crippen LogP contribution in [0.15, 0.2) is 35.5 Å². The van der Waals surface area contributed by atoms with Crippen LogP contribution in [0.5, 0.6) is 0 Å². The summed E-state index contributed by atoms with van der Waals surface area (Å²) in [4.78, 5) is 23.3. The molecule has 1 rings (SSSR count). The molecule has 0 aromatic heterocycles. The van der Waals surface area contributed by atoms with E-state index in [-0.39, 0.29) is 11.8 Å². The first-order chi connectivity index (χ1) is 12.6. The van der Waals surface area contributed by atoms with Gasteiger partial charge in [0.05, 0.1) is 12.7 Å². The number of aliphatic hydroxyl groups excluding tert-OH is 1. The lowest BCUT2D eigenvalue weighted by molar-refractivity contribution is -0.143. The molecule has 0 saturated carbocycles. The van der Waals surface area contributed by atoms with Gasteiger partial charge in [0.1, 0.15) is 0 Å². The van der Waals surface area contributed by atoms with Crippen molar-refractivity contribution < 1.29 is 19.4 Å². The number of hydrogen-bond acceptors (Lipinski definition) is 4. The molecule has 1 aliphatic carbocycles. The Bertz CT molecular complexity index is 528. The van der Waals surface area contributed by atoms with Gasteiger partial charge in [0, 0.05) is 18.4 Å². The number of allylic oxidation sites excluding steroid dienone is 5. The second kappa shape index (κ2) is 13.5. The summed E-state index contributed by atoms with van der Waals surface area (Å²) in [6.07, 6.45) is 15.4. The van der Waals surface area contributed by atoms with Gasteiger partial charge in [0.15, 0.2) is 5.78 Å². The number of carbonyl (C=O) groups excluding carboxylic acids is 2. The number of rotatable bonds is 13. The molecule has 0 aromatic carbocycles. The van der Waals surface area contributed by atoms with E-state index in [0.717, 1.165) is 56.1 Å². The van der Waals surface area contributed by atoms with E-state index in [9.17, 15) is 14.7 Å². The van der Waals surface area contributed by atoms with Gasteiger partial charge in [-0.3, -0.25) is 9.59 Å². The van der Waals surface area contributed by atoms with Crippen molar-refractivity contribution in [1.82, 2.24) is 0 Å². The van der Waals surface area contributed by atoms with Gasteiger partial charge in [0.25, 0.3) is 0 Å². The Morgan fingerprint density at radius 1 is 1.19 bits per heavy atom. The number of esters is 1. The van der Waals surface area contributed by atoms with Crippen molar-refractivity contribution in [2.45, 2.75) is 84.2 Å². The fourth-order valence-corrected chi connectivity index (χ4v) is 3.00. The van der Waals surface area contributed by atoms with Crippen LogP contribution in [0.3, 0.4) is 0 Å². The highest BCUT2D eigenvalue weighted by Crippen LogP contribution is 2.27. The maximum absolute atomic E-state index is 12.1. The molecule has 0 aromatic rings. The summed E-state index contributed by atoms with van der Waals surface area (Å²) in [6, 6.07) is 0. The van der Waals surface area contributed by atoms with Crippen LogP contribution in [0.1, 0.15) is 78.1 Å². The van der Waals surface area contributed by atoms with Crippen molar-refractivity contribution in [3.63, 3.8) is 0 Å². The number of carbonyl (C=O) groups is 2.